The number of nitrogens with zero attached hydrogens (tertiary/aromatic N) is 5. The quantitative estimate of drug-likeness (QED) is 0.247. The molecule has 0 fully saturated rings. The van der Waals surface area contributed by atoms with Crippen LogP contribution >= 0.6 is 11.3 Å². The van der Waals surface area contributed by atoms with Gasteiger partial charge in [0.15, 0.2) is 11.4 Å². The van der Waals surface area contributed by atoms with E-state index in [1.165, 1.54) is 10.8 Å². The maximum atomic E-state index is 13.3. The molecule has 0 spiro atoms. The monoisotopic (exact) mass is 525 g/mol. The standard InChI is InChI=1S/C25H18F3N5O3S/c1-3-34-14-4-6-15(7-5-14)35-11-16-8-9-17(36-16)22-31-23-21-20(29-12-33(23)32-22)19-13(2)10-18(25(26,27)28)30-24(19)37-21/h4-10,12H,3,11H2,1-2H3. The SMILES string of the molecule is CCOc1ccc(OCc2ccc(-c3nc4c5sc6nc(C(F)(F)F)cc(C)c6c5ncn4n3)o2)cc1. The van der Waals surface area contributed by atoms with Crippen molar-refractivity contribution < 1.29 is 27.1 Å². The van der Waals surface area contributed by atoms with Crippen molar-refractivity contribution in [2.75, 3.05) is 6.61 Å². The van der Waals surface area contributed by atoms with E-state index in [-0.39, 0.29) is 11.4 Å². The summed E-state index contributed by atoms with van der Waals surface area (Å²) in [5.74, 6) is 2.76. The van der Waals surface area contributed by atoms with Crippen molar-refractivity contribution in [2.45, 2.75) is 26.6 Å². The van der Waals surface area contributed by atoms with E-state index in [2.05, 4.69) is 20.1 Å². The Kier molecular flexibility index (Phi) is 5.48. The van der Waals surface area contributed by atoms with Gasteiger partial charge in [0.2, 0.25) is 5.82 Å². The molecule has 6 aromatic rings. The molecule has 0 saturated heterocycles. The lowest BCUT2D eigenvalue weighted by atomic mass is 10.1. The Balaban J connectivity index is 1.30. The summed E-state index contributed by atoms with van der Waals surface area (Å²) < 4.78 is 59.0. The predicted octanol–water partition coefficient (Wildman–Crippen LogP) is 6.45. The zero-order chi connectivity index (χ0) is 25.7. The maximum Gasteiger partial charge on any atom is 0.433 e. The van der Waals surface area contributed by atoms with Gasteiger partial charge in [0, 0.05) is 5.39 Å². The molecule has 0 saturated carbocycles. The molecule has 6 rings (SSSR count). The fourth-order valence-corrected chi connectivity index (χ4v) is 5.17. The van der Waals surface area contributed by atoms with E-state index in [1.807, 2.05) is 31.2 Å². The number of furan rings is 1. The number of pyridine rings is 1. The van der Waals surface area contributed by atoms with Crippen LogP contribution in [0.5, 0.6) is 11.5 Å². The minimum absolute atomic E-state index is 0.204. The van der Waals surface area contributed by atoms with E-state index in [9.17, 15) is 13.2 Å². The lowest BCUT2D eigenvalue weighted by molar-refractivity contribution is -0.141. The number of hydrogen-bond acceptors (Lipinski definition) is 8. The van der Waals surface area contributed by atoms with Crippen molar-refractivity contribution in [3.8, 4) is 23.1 Å². The topological polar surface area (TPSA) is 87.6 Å². The van der Waals surface area contributed by atoms with Crippen LogP contribution < -0.4 is 9.47 Å². The molecule has 0 aliphatic carbocycles. The lowest BCUT2D eigenvalue weighted by Crippen LogP contribution is -2.07. The molecule has 5 heterocycles. The number of alkyl halides is 3. The van der Waals surface area contributed by atoms with Crippen LogP contribution in [0, 0.1) is 6.92 Å². The molecule has 0 bridgehead atoms. The number of halogens is 3. The van der Waals surface area contributed by atoms with Gasteiger partial charge in [-0.15, -0.1) is 16.4 Å². The first-order valence-electron chi connectivity index (χ1n) is 11.3. The third-order valence-corrected chi connectivity index (χ3v) is 6.72. The second-order valence-corrected chi connectivity index (χ2v) is 9.19. The fourth-order valence-electron chi connectivity index (χ4n) is 3.99. The number of ether oxygens (including phenoxy) is 2. The van der Waals surface area contributed by atoms with Crippen LogP contribution in [0.2, 0.25) is 0 Å². The Morgan fingerprint density at radius 1 is 1.03 bits per heavy atom. The zero-order valence-corrected chi connectivity index (χ0v) is 20.4. The van der Waals surface area contributed by atoms with Crippen molar-refractivity contribution in [1.82, 2.24) is 24.6 Å². The first-order valence-corrected chi connectivity index (χ1v) is 12.1. The summed E-state index contributed by atoms with van der Waals surface area (Å²) in [7, 11) is 0. The van der Waals surface area contributed by atoms with Crippen molar-refractivity contribution in [3.05, 3.63) is 65.8 Å². The Labute approximate surface area is 211 Å². The molecule has 1 aromatic carbocycles. The van der Waals surface area contributed by atoms with Crippen LogP contribution in [0.25, 0.3) is 37.7 Å². The van der Waals surface area contributed by atoms with Gasteiger partial charge in [-0.25, -0.2) is 19.5 Å². The summed E-state index contributed by atoms with van der Waals surface area (Å²) in [6.07, 6.45) is -3.05. The minimum Gasteiger partial charge on any atom is -0.494 e. The number of aryl methyl sites for hydroxylation is 1. The van der Waals surface area contributed by atoms with E-state index < -0.39 is 11.9 Å². The van der Waals surface area contributed by atoms with Gasteiger partial charge < -0.3 is 13.9 Å². The van der Waals surface area contributed by atoms with Crippen LogP contribution in [0.4, 0.5) is 13.2 Å². The largest absolute Gasteiger partial charge is 0.494 e. The minimum atomic E-state index is -4.53. The molecule has 8 nitrogen and oxygen atoms in total. The highest BCUT2D eigenvalue weighted by molar-refractivity contribution is 7.26. The molecule has 0 N–H and O–H groups in total. The van der Waals surface area contributed by atoms with Gasteiger partial charge in [-0.1, -0.05) is 0 Å². The van der Waals surface area contributed by atoms with Crippen LogP contribution in [0.1, 0.15) is 23.9 Å². The van der Waals surface area contributed by atoms with Crippen LogP contribution in [-0.2, 0) is 12.8 Å². The number of hydrogen-bond donors (Lipinski definition) is 0. The Hall–Kier alpha value is -4.19. The number of benzene rings is 1. The van der Waals surface area contributed by atoms with Gasteiger partial charge in [-0.05, 0) is 61.9 Å². The summed E-state index contributed by atoms with van der Waals surface area (Å²) in [6, 6.07) is 11.8. The van der Waals surface area contributed by atoms with Gasteiger partial charge in [0.05, 0.1) is 12.1 Å². The van der Waals surface area contributed by atoms with Gasteiger partial charge in [0.25, 0.3) is 0 Å². The van der Waals surface area contributed by atoms with Gasteiger partial charge in [-0.2, -0.15) is 13.2 Å². The fraction of sp³-hybridized carbons (Fsp3) is 0.200. The number of rotatable bonds is 6. The summed E-state index contributed by atoms with van der Waals surface area (Å²) in [4.78, 5) is 13.1. The van der Waals surface area contributed by atoms with E-state index in [4.69, 9.17) is 13.9 Å². The highest BCUT2D eigenvalue weighted by Gasteiger charge is 2.33. The molecule has 0 radical (unpaired) electrons. The van der Waals surface area contributed by atoms with Crippen molar-refractivity contribution in [1.29, 1.82) is 0 Å². The van der Waals surface area contributed by atoms with Gasteiger partial charge >= 0.3 is 6.18 Å². The highest BCUT2D eigenvalue weighted by atomic mass is 32.1. The molecule has 0 aliphatic rings. The molecule has 12 heteroatoms. The summed E-state index contributed by atoms with van der Waals surface area (Å²) >= 11 is 1.10. The molecule has 0 amide bonds. The second-order valence-electron chi connectivity index (χ2n) is 8.19. The average Bonchev–Trinajstić information content (AvgIpc) is 3.59. The summed E-state index contributed by atoms with van der Waals surface area (Å²) in [6.45, 7) is 4.33. The van der Waals surface area contributed by atoms with E-state index >= 15 is 0 Å². The molecule has 0 atom stereocenters. The predicted molar refractivity (Wildman–Crippen MR) is 131 cm³/mol. The van der Waals surface area contributed by atoms with Gasteiger partial charge in [-0.3, -0.25) is 0 Å². The molecule has 0 aliphatic heterocycles. The maximum absolute atomic E-state index is 13.3. The van der Waals surface area contributed by atoms with Crippen LogP contribution in [-0.4, -0.2) is 31.2 Å². The average molecular weight is 526 g/mol. The van der Waals surface area contributed by atoms with Crippen molar-refractivity contribution >= 4 is 37.4 Å². The Bertz CT molecular complexity index is 1760. The van der Waals surface area contributed by atoms with E-state index in [1.54, 1.807) is 19.1 Å². The normalized spacial score (nSPS) is 12.1. The molecular formula is C25H18F3N5O3S. The number of fused-ring (bicyclic) bond motifs is 5. The first kappa shape index (κ1) is 23.2. The number of aromatic nitrogens is 5. The zero-order valence-electron chi connectivity index (χ0n) is 19.5. The van der Waals surface area contributed by atoms with Crippen molar-refractivity contribution in [2.24, 2.45) is 0 Å². The smallest absolute Gasteiger partial charge is 0.433 e. The van der Waals surface area contributed by atoms with Crippen LogP contribution in [0.15, 0.2) is 53.2 Å². The molecule has 37 heavy (non-hydrogen) atoms. The third-order valence-electron chi connectivity index (χ3n) is 5.65. The lowest BCUT2D eigenvalue weighted by Gasteiger charge is -2.06. The van der Waals surface area contributed by atoms with Crippen molar-refractivity contribution in [3.63, 3.8) is 0 Å². The molecule has 188 valence electrons. The third kappa shape index (κ3) is 4.22. The highest BCUT2D eigenvalue weighted by Crippen LogP contribution is 2.38. The second kappa shape index (κ2) is 8.73. The first-order chi connectivity index (χ1) is 17.8. The van der Waals surface area contributed by atoms with E-state index in [0.717, 1.165) is 23.2 Å². The van der Waals surface area contributed by atoms with Crippen LogP contribution in [0.3, 0.4) is 0 Å². The molecular weight excluding hydrogens is 507 g/mol. The van der Waals surface area contributed by atoms with E-state index in [0.29, 0.717) is 56.5 Å². The molecule has 0 unspecified atom stereocenters. The Morgan fingerprint density at radius 2 is 1.78 bits per heavy atom. The van der Waals surface area contributed by atoms with Gasteiger partial charge in [0.1, 0.15) is 45.4 Å². The molecule has 5 aromatic heterocycles. The Morgan fingerprint density at radius 3 is 2.51 bits per heavy atom. The summed E-state index contributed by atoms with van der Waals surface area (Å²) in [5.41, 5.74) is 0.509. The number of thiophene rings is 1. The summed E-state index contributed by atoms with van der Waals surface area (Å²) in [5, 5.41) is 5.02.